The second-order valence-electron chi connectivity index (χ2n) is 27.7. The van der Waals surface area contributed by atoms with Gasteiger partial charge in [0.25, 0.3) is 0 Å². The summed E-state index contributed by atoms with van der Waals surface area (Å²) in [5.41, 5.74) is 5.16. The third kappa shape index (κ3) is 10.6. The summed E-state index contributed by atoms with van der Waals surface area (Å²) in [5, 5.41) is 9.66. The predicted octanol–water partition coefficient (Wildman–Crippen LogP) is 16.5. The highest BCUT2D eigenvalue weighted by Gasteiger charge is 2.55. The summed E-state index contributed by atoms with van der Waals surface area (Å²) < 4.78 is 66.5. The first-order chi connectivity index (χ1) is 41.5. The maximum atomic E-state index is 6.24. The number of benzene rings is 8. The van der Waals surface area contributed by atoms with Gasteiger partial charge in [-0.2, -0.15) is 0 Å². The molecule has 0 bridgehead atoms. The van der Waals surface area contributed by atoms with E-state index in [1.807, 2.05) is 83.3 Å². The van der Waals surface area contributed by atoms with Crippen LogP contribution in [0.25, 0.3) is 84.2 Å². The lowest BCUT2D eigenvalue weighted by atomic mass is 9.78. The molecule has 4 aliphatic heterocycles. The van der Waals surface area contributed by atoms with Gasteiger partial charge in [0, 0.05) is 67.4 Å². The molecule has 12 aromatic rings. The lowest BCUT2D eigenvalue weighted by Crippen LogP contribution is -2.41. The van der Waals surface area contributed by atoms with Crippen LogP contribution in [0.3, 0.4) is 0 Å². The Kier molecular flexibility index (Phi) is 15.0. The average Bonchev–Trinajstić information content (AvgIpc) is 2.80. The van der Waals surface area contributed by atoms with Crippen molar-refractivity contribution in [2.75, 3.05) is 0 Å². The molecule has 88 heavy (non-hydrogen) atoms. The van der Waals surface area contributed by atoms with E-state index in [1.165, 1.54) is 40.3 Å². The van der Waals surface area contributed by atoms with E-state index in [0.29, 0.717) is 0 Å². The molecule has 0 spiro atoms. The minimum Gasteiger partial charge on any atom is -0.456 e. The minimum absolute atomic E-state index is 0.292. The van der Waals surface area contributed by atoms with Crippen molar-refractivity contribution >= 4 is 157 Å². The van der Waals surface area contributed by atoms with Crippen molar-refractivity contribution < 1.29 is 46.1 Å². The van der Waals surface area contributed by atoms with Crippen LogP contribution >= 0.6 is 22.7 Å². The van der Waals surface area contributed by atoms with E-state index < -0.39 is 7.12 Å². The van der Waals surface area contributed by atoms with E-state index >= 15 is 0 Å². The van der Waals surface area contributed by atoms with Gasteiger partial charge in [-0.3, -0.25) is 0 Å². The molecule has 8 aromatic carbocycles. The number of furan rings is 2. The Labute approximate surface area is 525 Å². The zero-order chi connectivity index (χ0) is 62.1. The van der Waals surface area contributed by atoms with Crippen LogP contribution in [0.5, 0.6) is 0 Å². The highest BCUT2D eigenvalue weighted by molar-refractivity contribution is 7.27. The molecular formula is C72H76B4O10S2. The molecule has 0 unspecified atom stereocenters. The molecule has 8 heterocycles. The van der Waals surface area contributed by atoms with Crippen molar-refractivity contribution in [2.24, 2.45) is 0 Å². The van der Waals surface area contributed by atoms with Gasteiger partial charge in [0.05, 0.1) is 44.8 Å². The molecule has 0 atom stereocenters. The lowest BCUT2D eigenvalue weighted by Gasteiger charge is -2.32. The number of hydrogen-bond acceptors (Lipinski definition) is 12. The van der Waals surface area contributed by atoms with Crippen LogP contribution in [0.2, 0.25) is 0 Å². The van der Waals surface area contributed by atoms with Crippen molar-refractivity contribution in [3.8, 4) is 0 Å². The first-order valence-electron chi connectivity index (χ1n) is 30.6. The number of fused-ring (bicyclic) bond motifs is 12. The van der Waals surface area contributed by atoms with Crippen molar-refractivity contribution in [2.45, 2.75) is 156 Å². The molecule has 10 nitrogen and oxygen atoms in total. The Morgan fingerprint density at radius 2 is 0.625 bits per heavy atom. The monoisotopic (exact) mass is 1210 g/mol. The van der Waals surface area contributed by atoms with E-state index in [4.69, 9.17) is 46.1 Å². The fourth-order valence-electron chi connectivity index (χ4n) is 11.6. The predicted molar refractivity (Wildman–Crippen MR) is 369 cm³/mol. The van der Waals surface area contributed by atoms with Gasteiger partial charge in [-0.05, 0) is 163 Å². The van der Waals surface area contributed by atoms with Crippen LogP contribution in [0, 0.1) is 0 Å². The van der Waals surface area contributed by atoms with Crippen molar-refractivity contribution in [3.05, 3.63) is 170 Å². The molecule has 4 fully saturated rings. The summed E-state index contributed by atoms with van der Waals surface area (Å²) >= 11 is 3.64. The van der Waals surface area contributed by atoms with E-state index in [1.54, 1.807) is 0 Å². The molecule has 0 N–H and O–H groups in total. The number of thiophene rings is 2. The zero-order valence-electron chi connectivity index (χ0n) is 53.4. The van der Waals surface area contributed by atoms with Crippen LogP contribution in [0.1, 0.15) is 111 Å². The highest BCUT2D eigenvalue weighted by atomic mass is 32.1. The van der Waals surface area contributed by atoms with Crippen LogP contribution < -0.4 is 21.9 Å². The SMILES string of the molecule is CC1(C)OB(c2ccc3c(c2)sc2ccccc23)OC1(C)C.CC1(C)OB(c2ccc3oc4ccccc4c3c2)OC1(C)C.CC1(C)OB(c2cccc3c2oc2ccccc23)OC1(C)C.CC1(C)OB(c2cccc3c2sc2ccccc23)OC1(C)C. The van der Waals surface area contributed by atoms with Gasteiger partial charge in [0.15, 0.2) is 0 Å². The second-order valence-corrected chi connectivity index (χ2v) is 29.8. The third-order valence-corrected chi connectivity index (χ3v) is 22.1. The van der Waals surface area contributed by atoms with Gasteiger partial charge >= 0.3 is 28.5 Å². The average molecular weight is 1210 g/mol. The lowest BCUT2D eigenvalue weighted by molar-refractivity contribution is 0.00578. The standard InChI is InChI=1S/2C18H19BO3.2C18H19BO2S/c1-17(2)18(3,4)22-19(21-17)14-10-7-9-13-12-8-5-6-11-15(12)20-16(13)14;1-17(2)18(3,4)22-19(21-17)12-9-10-16-14(11-12)13-7-5-6-8-15(13)20-16;1-17(2)18(3,4)21-19(20-17)14-10-7-9-13-12-8-5-6-11-15(12)22-16(13)14;1-17(2)18(3,4)21-19(20-17)12-9-10-14-13-7-5-6-8-15(13)22-16(14)11-12/h4*5-11H,1-4H3. The Balaban J connectivity index is 0.000000108. The number of rotatable bonds is 4. The third-order valence-electron chi connectivity index (χ3n) is 19.7. The van der Waals surface area contributed by atoms with Crippen molar-refractivity contribution in [3.63, 3.8) is 0 Å². The molecule has 448 valence electrons. The molecule has 16 heteroatoms. The van der Waals surface area contributed by atoms with Crippen molar-refractivity contribution in [1.82, 2.24) is 0 Å². The van der Waals surface area contributed by atoms with Gasteiger partial charge in [-0.25, -0.2) is 0 Å². The minimum atomic E-state index is -0.408. The van der Waals surface area contributed by atoms with Crippen LogP contribution in [0.15, 0.2) is 179 Å². The van der Waals surface area contributed by atoms with Crippen molar-refractivity contribution in [1.29, 1.82) is 0 Å². The molecule has 0 radical (unpaired) electrons. The molecule has 0 aliphatic carbocycles. The van der Waals surface area contributed by atoms with E-state index in [2.05, 4.69) is 220 Å². The highest BCUT2D eigenvalue weighted by Crippen LogP contribution is 2.43. The van der Waals surface area contributed by atoms with Crippen LogP contribution in [-0.2, 0) is 37.2 Å². The van der Waals surface area contributed by atoms with Gasteiger partial charge in [-0.15, -0.1) is 22.7 Å². The first kappa shape index (κ1) is 60.6. The first-order valence-corrected chi connectivity index (χ1v) is 32.2. The van der Waals surface area contributed by atoms with Crippen LogP contribution in [0.4, 0.5) is 0 Å². The molecule has 4 aliphatic rings. The van der Waals surface area contributed by atoms with E-state index in [9.17, 15) is 0 Å². The number of para-hydroxylation sites is 3. The smallest absolute Gasteiger partial charge is 0.456 e. The largest absolute Gasteiger partial charge is 0.498 e. The normalized spacial score (nSPS) is 20.1. The fraction of sp³-hybridized carbons (Fsp3) is 0.333. The summed E-state index contributed by atoms with van der Waals surface area (Å²) in [5.74, 6) is 0. The topological polar surface area (TPSA) is 100 Å². The quantitative estimate of drug-likeness (QED) is 0.158. The van der Waals surface area contributed by atoms with E-state index in [-0.39, 0.29) is 66.2 Å². The maximum Gasteiger partial charge on any atom is 0.498 e. The van der Waals surface area contributed by atoms with E-state index in [0.717, 1.165) is 65.7 Å². The Morgan fingerprint density at radius 3 is 1.17 bits per heavy atom. The Morgan fingerprint density at radius 1 is 0.261 bits per heavy atom. The molecule has 0 saturated carbocycles. The molecular weight excluding hydrogens is 1130 g/mol. The number of hydrogen-bond donors (Lipinski definition) is 0. The van der Waals surface area contributed by atoms with Gasteiger partial charge in [0.1, 0.15) is 22.3 Å². The molecule has 0 amide bonds. The fourth-order valence-corrected chi connectivity index (χ4v) is 14.0. The zero-order valence-corrected chi connectivity index (χ0v) is 55.0. The second kappa shape index (κ2) is 21.7. The summed E-state index contributed by atoms with van der Waals surface area (Å²) in [7, 11) is -1.35. The summed E-state index contributed by atoms with van der Waals surface area (Å²) in [6.07, 6.45) is 0. The summed E-state index contributed by atoms with van der Waals surface area (Å²) in [6, 6.07) is 58.4. The molecule has 4 aromatic heterocycles. The Hall–Kier alpha value is -6.26. The summed E-state index contributed by atoms with van der Waals surface area (Å²) in [4.78, 5) is 0. The molecule has 16 rings (SSSR count). The Bertz CT molecular complexity index is 4390. The van der Waals surface area contributed by atoms with Gasteiger partial charge < -0.3 is 46.1 Å². The summed E-state index contributed by atoms with van der Waals surface area (Å²) in [6.45, 7) is 33.3. The van der Waals surface area contributed by atoms with Crippen LogP contribution in [-0.4, -0.2) is 73.3 Å². The van der Waals surface area contributed by atoms with Gasteiger partial charge in [0.2, 0.25) is 0 Å². The maximum absolute atomic E-state index is 6.24. The van der Waals surface area contributed by atoms with Gasteiger partial charge in [-0.1, -0.05) is 133 Å². The molecule has 4 saturated heterocycles.